The number of para-hydroxylation sites is 1. The molecular formula is C13H15NO. The second kappa shape index (κ2) is 3.58. The quantitative estimate of drug-likeness (QED) is 0.737. The molecule has 2 rings (SSSR count). The van der Waals surface area contributed by atoms with Gasteiger partial charge in [0.15, 0.2) is 0 Å². The van der Waals surface area contributed by atoms with E-state index in [1.165, 1.54) is 0 Å². The van der Waals surface area contributed by atoms with Crippen molar-refractivity contribution in [2.24, 2.45) is 0 Å². The van der Waals surface area contributed by atoms with Gasteiger partial charge in [-0.3, -0.25) is 0 Å². The number of hydrogen-bond acceptors (Lipinski definition) is 2. The summed E-state index contributed by atoms with van der Waals surface area (Å²) in [6, 6.07) is 8.50. The summed E-state index contributed by atoms with van der Waals surface area (Å²) < 4.78 is 5.41. The van der Waals surface area contributed by atoms with Gasteiger partial charge in [0.05, 0.1) is 18.6 Å². The topological polar surface area (TPSA) is 33.0 Å². The molecule has 0 N–H and O–H groups in total. The molecule has 1 aromatic rings. The van der Waals surface area contributed by atoms with Crippen LogP contribution in [0.15, 0.2) is 18.2 Å². The molecule has 1 aliphatic carbocycles. The monoisotopic (exact) mass is 201 g/mol. The van der Waals surface area contributed by atoms with Crippen molar-refractivity contribution in [1.29, 1.82) is 5.26 Å². The highest BCUT2D eigenvalue weighted by atomic mass is 16.5. The maximum Gasteiger partial charge on any atom is 0.126 e. The van der Waals surface area contributed by atoms with E-state index in [-0.39, 0.29) is 5.41 Å². The lowest BCUT2D eigenvalue weighted by atomic mass is 9.65. The maximum absolute atomic E-state index is 9.30. The number of rotatable bonds is 2. The van der Waals surface area contributed by atoms with Gasteiger partial charge >= 0.3 is 0 Å². The molecule has 2 nitrogen and oxygen atoms in total. The smallest absolute Gasteiger partial charge is 0.126 e. The minimum atomic E-state index is -0.280. The van der Waals surface area contributed by atoms with Crippen molar-refractivity contribution < 1.29 is 4.74 Å². The zero-order valence-corrected chi connectivity index (χ0v) is 9.21. The van der Waals surface area contributed by atoms with Crippen LogP contribution in [0.2, 0.25) is 0 Å². The molecule has 0 amide bonds. The van der Waals surface area contributed by atoms with Gasteiger partial charge in [-0.2, -0.15) is 5.26 Å². The fourth-order valence-electron chi connectivity index (χ4n) is 2.27. The van der Waals surface area contributed by atoms with Crippen LogP contribution in [0.1, 0.15) is 30.4 Å². The van der Waals surface area contributed by atoms with Crippen LogP contribution in [0.4, 0.5) is 0 Å². The van der Waals surface area contributed by atoms with Gasteiger partial charge in [-0.25, -0.2) is 0 Å². The van der Waals surface area contributed by atoms with E-state index in [0.29, 0.717) is 0 Å². The van der Waals surface area contributed by atoms with Crippen LogP contribution in [0.3, 0.4) is 0 Å². The molecule has 0 unspecified atom stereocenters. The average Bonchev–Trinajstić information content (AvgIpc) is 2.17. The van der Waals surface area contributed by atoms with Crippen molar-refractivity contribution in [1.82, 2.24) is 0 Å². The molecule has 0 aromatic heterocycles. The lowest BCUT2D eigenvalue weighted by molar-refractivity contribution is 0.306. The third kappa shape index (κ3) is 1.39. The van der Waals surface area contributed by atoms with Crippen molar-refractivity contribution in [3.8, 4) is 11.8 Å². The molecule has 1 aromatic carbocycles. The first-order valence-corrected chi connectivity index (χ1v) is 5.29. The minimum Gasteiger partial charge on any atom is -0.496 e. The normalized spacial score (nSPS) is 17.7. The van der Waals surface area contributed by atoms with Crippen LogP contribution in [0.5, 0.6) is 5.75 Å². The standard InChI is InChI=1S/C13H15NO/c1-10-5-3-6-11(12(10)15-2)13(9-14)7-4-8-13/h3,5-6H,4,7-8H2,1-2H3. The maximum atomic E-state index is 9.30. The Morgan fingerprint density at radius 1 is 1.40 bits per heavy atom. The van der Waals surface area contributed by atoms with E-state index in [1.807, 2.05) is 25.1 Å². The zero-order valence-electron chi connectivity index (χ0n) is 9.21. The van der Waals surface area contributed by atoms with Crippen LogP contribution >= 0.6 is 0 Å². The number of nitrogens with zero attached hydrogens (tertiary/aromatic N) is 1. The Kier molecular flexibility index (Phi) is 2.40. The lowest BCUT2D eigenvalue weighted by Gasteiger charge is -2.36. The Morgan fingerprint density at radius 2 is 2.13 bits per heavy atom. The van der Waals surface area contributed by atoms with E-state index >= 15 is 0 Å². The summed E-state index contributed by atoms with van der Waals surface area (Å²) in [5, 5.41) is 9.30. The van der Waals surface area contributed by atoms with Crippen LogP contribution < -0.4 is 4.74 Å². The average molecular weight is 201 g/mol. The summed E-state index contributed by atoms with van der Waals surface area (Å²) in [6.07, 6.45) is 3.07. The van der Waals surface area contributed by atoms with Crippen LogP contribution in [-0.2, 0) is 5.41 Å². The number of benzene rings is 1. The van der Waals surface area contributed by atoms with E-state index in [9.17, 15) is 5.26 Å². The predicted molar refractivity (Wildman–Crippen MR) is 58.9 cm³/mol. The largest absolute Gasteiger partial charge is 0.496 e. The van der Waals surface area contributed by atoms with E-state index in [4.69, 9.17) is 4.74 Å². The van der Waals surface area contributed by atoms with Gasteiger partial charge in [0, 0.05) is 5.56 Å². The van der Waals surface area contributed by atoms with Gasteiger partial charge in [0.1, 0.15) is 5.75 Å². The number of methoxy groups -OCH3 is 1. The molecular weight excluding hydrogens is 186 g/mol. The van der Waals surface area contributed by atoms with Crippen LogP contribution in [0.25, 0.3) is 0 Å². The third-order valence-corrected chi connectivity index (χ3v) is 3.35. The highest BCUT2D eigenvalue weighted by molar-refractivity contribution is 5.49. The second-order valence-corrected chi connectivity index (χ2v) is 4.20. The first-order chi connectivity index (χ1) is 7.23. The zero-order chi connectivity index (χ0) is 10.9. The van der Waals surface area contributed by atoms with Gasteiger partial charge in [0.25, 0.3) is 0 Å². The Balaban J connectivity index is 2.53. The fraction of sp³-hybridized carbons (Fsp3) is 0.462. The summed E-state index contributed by atoms with van der Waals surface area (Å²) in [7, 11) is 1.68. The molecule has 0 heterocycles. The number of hydrogen-bond donors (Lipinski definition) is 0. The first-order valence-electron chi connectivity index (χ1n) is 5.29. The molecule has 0 atom stereocenters. The van der Waals surface area contributed by atoms with Gasteiger partial charge in [0.2, 0.25) is 0 Å². The highest BCUT2D eigenvalue weighted by Gasteiger charge is 2.41. The van der Waals surface area contributed by atoms with Gasteiger partial charge in [-0.1, -0.05) is 18.2 Å². The summed E-state index contributed by atoms with van der Waals surface area (Å²) in [5.41, 5.74) is 1.90. The van der Waals surface area contributed by atoms with Crippen LogP contribution in [-0.4, -0.2) is 7.11 Å². The molecule has 0 radical (unpaired) electrons. The predicted octanol–water partition coefficient (Wildman–Crippen LogP) is 2.95. The lowest BCUT2D eigenvalue weighted by Crippen LogP contribution is -2.32. The second-order valence-electron chi connectivity index (χ2n) is 4.20. The molecule has 1 saturated carbocycles. The van der Waals surface area contributed by atoms with Crippen molar-refractivity contribution in [2.75, 3.05) is 7.11 Å². The summed E-state index contributed by atoms with van der Waals surface area (Å²) in [5.74, 6) is 0.888. The van der Waals surface area contributed by atoms with Crippen molar-refractivity contribution in [2.45, 2.75) is 31.6 Å². The van der Waals surface area contributed by atoms with E-state index in [0.717, 1.165) is 36.1 Å². The summed E-state index contributed by atoms with van der Waals surface area (Å²) in [6.45, 7) is 2.02. The summed E-state index contributed by atoms with van der Waals surface area (Å²) in [4.78, 5) is 0. The molecule has 0 aliphatic heterocycles. The molecule has 0 bridgehead atoms. The van der Waals surface area contributed by atoms with Crippen LogP contribution in [0, 0.1) is 18.3 Å². The molecule has 15 heavy (non-hydrogen) atoms. The molecule has 0 saturated heterocycles. The van der Waals surface area contributed by atoms with E-state index in [1.54, 1.807) is 7.11 Å². The molecule has 0 spiro atoms. The van der Waals surface area contributed by atoms with Crippen molar-refractivity contribution >= 4 is 0 Å². The first kappa shape index (κ1) is 10.0. The Hall–Kier alpha value is -1.49. The molecule has 78 valence electrons. The molecule has 2 heteroatoms. The van der Waals surface area contributed by atoms with Crippen molar-refractivity contribution in [3.63, 3.8) is 0 Å². The Morgan fingerprint density at radius 3 is 2.60 bits per heavy atom. The van der Waals surface area contributed by atoms with Gasteiger partial charge < -0.3 is 4.74 Å². The SMILES string of the molecule is COc1c(C)cccc1C1(C#N)CCC1. The third-order valence-electron chi connectivity index (χ3n) is 3.35. The van der Waals surface area contributed by atoms with Crippen molar-refractivity contribution in [3.05, 3.63) is 29.3 Å². The van der Waals surface area contributed by atoms with E-state index < -0.39 is 0 Å². The van der Waals surface area contributed by atoms with Gasteiger partial charge in [-0.05, 0) is 31.7 Å². The number of nitriles is 1. The van der Waals surface area contributed by atoms with E-state index in [2.05, 4.69) is 6.07 Å². The minimum absolute atomic E-state index is 0.280. The highest BCUT2D eigenvalue weighted by Crippen LogP contribution is 2.47. The molecule has 1 aliphatic rings. The Bertz CT molecular complexity index is 413. The fourth-order valence-corrected chi connectivity index (χ4v) is 2.27. The number of ether oxygens (including phenoxy) is 1. The summed E-state index contributed by atoms with van der Waals surface area (Å²) >= 11 is 0. The molecule has 1 fully saturated rings. The Labute approximate surface area is 90.5 Å². The van der Waals surface area contributed by atoms with Gasteiger partial charge in [-0.15, -0.1) is 0 Å². The number of aryl methyl sites for hydroxylation is 1.